The van der Waals surface area contributed by atoms with Gasteiger partial charge in [-0.2, -0.15) is 0 Å². The molecule has 5 heteroatoms. The predicted octanol–water partition coefficient (Wildman–Crippen LogP) is 2.92. The van der Waals surface area contributed by atoms with Gasteiger partial charge in [-0.15, -0.1) is 0 Å². The lowest BCUT2D eigenvalue weighted by Gasteiger charge is -2.20. The number of aliphatic hydroxyl groups is 1. The molecule has 26 heavy (non-hydrogen) atoms. The first-order valence-electron chi connectivity index (χ1n) is 8.66. The molecule has 0 fully saturated rings. The number of rotatable bonds is 4. The molecule has 0 aliphatic carbocycles. The summed E-state index contributed by atoms with van der Waals surface area (Å²) in [6.07, 6.45) is -0.842. The predicted molar refractivity (Wildman–Crippen MR) is 99.2 cm³/mol. The van der Waals surface area contributed by atoms with Crippen molar-refractivity contribution in [3.63, 3.8) is 0 Å². The van der Waals surface area contributed by atoms with Crippen molar-refractivity contribution < 1.29 is 14.7 Å². The highest BCUT2D eigenvalue weighted by Crippen LogP contribution is 2.26. The van der Waals surface area contributed by atoms with Crippen molar-refractivity contribution in [2.24, 2.45) is 0 Å². The van der Waals surface area contributed by atoms with Crippen LogP contribution in [0.15, 0.2) is 48.5 Å². The molecule has 1 aromatic heterocycles. The second-order valence-electron chi connectivity index (χ2n) is 6.76. The number of amides is 2. The summed E-state index contributed by atoms with van der Waals surface area (Å²) in [4.78, 5) is 26.1. The molecular formula is C21H20N2O3. The van der Waals surface area contributed by atoms with Crippen LogP contribution >= 0.6 is 0 Å². The van der Waals surface area contributed by atoms with E-state index < -0.39 is 6.10 Å². The van der Waals surface area contributed by atoms with E-state index in [9.17, 15) is 14.7 Å². The van der Waals surface area contributed by atoms with Gasteiger partial charge in [0.2, 0.25) is 0 Å². The van der Waals surface area contributed by atoms with Gasteiger partial charge in [0.05, 0.1) is 30.3 Å². The van der Waals surface area contributed by atoms with Crippen LogP contribution in [0.1, 0.15) is 32.0 Å². The fraction of sp³-hybridized carbons (Fsp3) is 0.238. The van der Waals surface area contributed by atoms with Gasteiger partial charge in [0, 0.05) is 16.6 Å². The van der Waals surface area contributed by atoms with Gasteiger partial charge in [0.25, 0.3) is 11.8 Å². The number of hydrogen-bond donors (Lipinski definition) is 1. The zero-order valence-corrected chi connectivity index (χ0v) is 14.8. The molecule has 0 bridgehead atoms. The summed E-state index contributed by atoms with van der Waals surface area (Å²) in [7, 11) is 0. The van der Waals surface area contributed by atoms with Crippen LogP contribution in [0, 0.1) is 13.8 Å². The van der Waals surface area contributed by atoms with Crippen molar-refractivity contribution in [3.05, 3.63) is 70.9 Å². The lowest BCUT2D eigenvalue weighted by molar-refractivity contribution is 0.0522. The van der Waals surface area contributed by atoms with Crippen LogP contribution in [-0.4, -0.2) is 39.0 Å². The lowest BCUT2D eigenvalue weighted by Crippen LogP contribution is -2.38. The second-order valence-corrected chi connectivity index (χ2v) is 6.76. The molecule has 1 atom stereocenters. The Balaban J connectivity index is 1.58. The van der Waals surface area contributed by atoms with Crippen LogP contribution in [0.5, 0.6) is 0 Å². The van der Waals surface area contributed by atoms with Gasteiger partial charge in [-0.3, -0.25) is 14.5 Å². The Bertz CT molecular complexity index is 1000. The first-order chi connectivity index (χ1) is 12.5. The third-order valence-corrected chi connectivity index (χ3v) is 5.21. The first kappa shape index (κ1) is 16.5. The lowest BCUT2D eigenvalue weighted by atomic mass is 10.1. The van der Waals surface area contributed by atoms with Crippen molar-refractivity contribution in [1.82, 2.24) is 9.47 Å². The van der Waals surface area contributed by atoms with Gasteiger partial charge >= 0.3 is 0 Å². The van der Waals surface area contributed by atoms with E-state index in [4.69, 9.17) is 0 Å². The molecule has 2 aromatic carbocycles. The zero-order valence-electron chi connectivity index (χ0n) is 14.8. The minimum Gasteiger partial charge on any atom is -0.389 e. The Kier molecular flexibility index (Phi) is 3.89. The Morgan fingerprint density at radius 1 is 0.885 bits per heavy atom. The van der Waals surface area contributed by atoms with Gasteiger partial charge in [-0.1, -0.05) is 30.3 Å². The standard InChI is InChI=1S/C21H20N2O3/c1-13-14(2)22(19-10-6-5-7-16(13)19)11-15(24)12-23-20(25)17-8-3-4-9-18(17)21(23)26/h3-10,15,24H,11-12H2,1-2H3/t15-/m0/s1. The maximum atomic E-state index is 12.5. The van der Waals surface area contributed by atoms with Crippen LogP contribution in [0.3, 0.4) is 0 Å². The van der Waals surface area contributed by atoms with E-state index in [1.165, 1.54) is 5.56 Å². The Labute approximate surface area is 151 Å². The summed E-state index contributed by atoms with van der Waals surface area (Å²) in [5.41, 5.74) is 4.11. The highest BCUT2D eigenvalue weighted by atomic mass is 16.3. The van der Waals surface area contributed by atoms with Gasteiger partial charge in [0.15, 0.2) is 0 Å². The molecule has 0 spiro atoms. The summed E-state index contributed by atoms with van der Waals surface area (Å²) >= 11 is 0. The topological polar surface area (TPSA) is 62.5 Å². The van der Waals surface area contributed by atoms with E-state index in [0.29, 0.717) is 17.7 Å². The minimum atomic E-state index is -0.842. The monoisotopic (exact) mass is 348 g/mol. The summed E-state index contributed by atoms with van der Waals surface area (Å²) in [6, 6.07) is 14.8. The normalized spacial score (nSPS) is 15.0. The van der Waals surface area contributed by atoms with E-state index in [1.807, 2.05) is 29.7 Å². The van der Waals surface area contributed by atoms with E-state index in [0.717, 1.165) is 21.5 Å². The molecule has 2 amide bonds. The maximum absolute atomic E-state index is 12.5. The number of β-amino-alcohol motifs (C(OH)–C–C–N with tert-alkyl or cyclic N) is 1. The van der Waals surface area contributed by atoms with Crippen molar-refractivity contribution in [3.8, 4) is 0 Å². The number of hydrogen-bond acceptors (Lipinski definition) is 3. The van der Waals surface area contributed by atoms with E-state index in [2.05, 4.69) is 13.0 Å². The highest BCUT2D eigenvalue weighted by molar-refractivity contribution is 6.21. The first-order valence-corrected chi connectivity index (χ1v) is 8.66. The molecule has 3 aromatic rings. The molecule has 0 saturated heterocycles. The number of carbonyl (C=O) groups is 2. The number of aromatic nitrogens is 1. The number of aliphatic hydroxyl groups excluding tert-OH is 1. The van der Waals surface area contributed by atoms with Crippen molar-refractivity contribution in [2.45, 2.75) is 26.5 Å². The molecular weight excluding hydrogens is 328 g/mol. The van der Waals surface area contributed by atoms with E-state index >= 15 is 0 Å². The van der Waals surface area contributed by atoms with E-state index in [1.54, 1.807) is 24.3 Å². The number of aryl methyl sites for hydroxylation is 1. The van der Waals surface area contributed by atoms with E-state index in [-0.39, 0.29) is 18.4 Å². The molecule has 1 N–H and O–H groups in total. The number of imide groups is 1. The fourth-order valence-electron chi connectivity index (χ4n) is 3.72. The molecule has 2 heterocycles. The summed E-state index contributed by atoms with van der Waals surface area (Å²) in [5, 5.41) is 11.8. The fourth-order valence-corrected chi connectivity index (χ4v) is 3.72. The molecule has 132 valence electrons. The zero-order chi connectivity index (χ0) is 18.4. The number of fused-ring (bicyclic) bond motifs is 2. The summed E-state index contributed by atoms with van der Waals surface area (Å²) in [6.45, 7) is 4.39. The Hall–Kier alpha value is -2.92. The van der Waals surface area contributed by atoms with Gasteiger partial charge in [0.1, 0.15) is 0 Å². The second kappa shape index (κ2) is 6.11. The minimum absolute atomic E-state index is 0.0165. The average molecular weight is 348 g/mol. The number of nitrogens with zero attached hydrogens (tertiary/aromatic N) is 2. The van der Waals surface area contributed by atoms with Gasteiger partial charge in [-0.25, -0.2) is 0 Å². The largest absolute Gasteiger partial charge is 0.389 e. The van der Waals surface area contributed by atoms with Crippen LogP contribution < -0.4 is 0 Å². The number of benzene rings is 2. The number of carbonyl (C=O) groups excluding carboxylic acids is 2. The molecule has 1 aliphatic rings. The maximum Gasteiger partial charge on any atom is 0.261 e. The van der Waals surface area contributed by atoms with Crippen molar-refractivity contribution in [1.29, 1.82) is 0 Å². The molecule has 4 rings (SSSR count). The van der Waals surface area contributed by atoms with Gasteiger partial charge < -0.3 is 9.67 Å². The van der Waals surface area contributed by atoms with Crippen LogP contribution in [0.4, 0.5) is 0 Å². The quantitative estimate of drug-likeness (QED) is 0.738. The van der Waals surface area contributed by atoms with Crippen LogP contribution in [0.25, 0.3) is 10.9 Å². The molecule has 0 saturated carbocycles. The Morgan fingerprint density at radius 3 is 2.12 bits per heavy atom. The summed E-state index contributed by atoms with van der Waals surface area (Å²) < 4.78 is 2.05. The average Bonchev–Trinajstić information content (AvgIpc) is 3.03. The van der Waals surface area contributed by atoms with Crippen LogP contribution in [-0.2, 0) is 6.54 Å². The molecule has 0 unspecified atom stereocenters. The number of para-hydroxylation sites is 1. The smallest absolute Gasteiger partial charge is 0.261 e. The molecule has 5 nitrogen and oxygen atoms in total. The molecule has 0 radical (unpaired) electrons. The van der Waals surface area contributed by atoms with Crippen molar-refractivity contribution >= 4 is 22.7 Å². The van der Waals surface area contributed by atoms with Crippen molar-refractivity contribution in [2.75, 3.05) is 6.54 Å². The SMILES string of the molecule is Cc1c(C)n(C[C@H](O)CN2C(=O)c3ccccc3C2=O)c2ccccc12. The third-order valence-electron chi connectivity index (χ3n) is 5.21. The summed E-state index contributed by atoms with van der Waals surface area (Å²) in [5.74, 6) is -0.676. The highest BCUT2D eigenvalue weighted by Gasteiger charge is 2.36. The Morgan fingerprint density at radius 2 is 1.46 bits per heavy atom. The van der Waals surface area contributed by atoms with Gasteiger partial charge in [-0.05, 0) is 37.6 Å². The molecule has 1 aliphatic heterocycles. The third kappa shape index (κ3) is 2.44. The van der Waals surface area contributed by atoms with Crippen LogP contribution in [0.2, 0.25) is 0 Å².